The number of aromatic nitrogens is 2. The van der Waals surface area contributed by atoms with Crippen LogP contribution in [0.2, 0.25) is 0 Å². The summed E-state index contributed by atoms with van der Waals surface area (Å²) in [6.07, 6.45) is 5.43. The molecule has 170 valence electrons. The van der Waals surface area contributed by atoms with Crippen LogP contribution in [0.1, 0.15) is 41.2 Å². The molecule has 0 radical (unpaired) electrons. The third-order valence-electron chi connectivity index (χ3n) is 6.20. The van der Waals surface area contributed by atoms with Crippen molar-refractivity contribution in [2.45, 2.75) is 31.3 Å². The molecule has 2 atom stereocenters. The van der Waals surface area contributed by atoms with E-state index in [4.69, 9.17) is 0 Å². The van der Waals surface area contributed by atoms with Gasteiger partial charge in [0, 0.05) is 36.3 Å². The number of fused-ring (bicyclic) bond motifs is 1. The van der Waals surface area contributed by atoms with Crippen LogP contribution in [0, 0.1) is 11.6 Å². The Morgan fingerprint density at radius 3 is 2.66 bits per heavy atom. The Morgan fingerprint density at radius 1 is 1.16 bits per heavy atom. The van der Waals surface area contributed by atoms with Crippen molar-refractivity contribution >= 4 is 27.7 Å². The maximum atomic E-state index is 13.8. The van der Waals surface area contributed by atoms with Gasteiger partial charge in [0.1, 0.15) is 11.6 Å². The lowest BCUT2D eigenvalue weighted by Gasteiger charge is -2.27. The van der Waals surface area contributed by atoms with E-state index >= 15 is 0 Å². The second-order valence-corrected chi connectivity index (χ2v) is 10.8. The number of anilines is 1. The minimum atomic E-state index is -2.60. The van der Waals surface area contributed by atoms with Crippen LogP contribution in [-0.2, 0) is 0 Å². The number of halogens is 2. The molecule has 2 unspecified atom stereocenters. The number of amides is 1. The van der Waals surface area contributed by atoms with Gasteiger partial charge in [-0.05, 0) is 49.1 Å². The van der Waals surface area contributed by atoms with E-state index in [1.807, 2.05) is 12.1 Å². The molecule has 4 heterocycles. The van der Waals surface area contributed by atoms with Gasteiger partial charge in [-0.1, -0.05) is 0 Å². The van der Waals surface area contributed by atoms with Crippen LogP contribution in [0.25, 0.3) is 5.52 Å². The molecule has 0 bridgehead atoms. The van der Waals surface area contributed by atoms with Crippen LogP contribution < -0.4 is 10.2 Å². The average Bonchev–Trinajstić information content (AvgIpc) is 3.44. The van der Waals surface area contributed by atoms with Crippen LogP contribution in [0.15, 0.2) is 42.7 Å². The summed E-state index contributed by atoms with van der Waals surface area (Å²) in [5, 5.41) is 7.13. The minimum absolute atomic E-state index is 0.161. The van der Waals surface area contributed by atoms with Crippen molar-refractivity contribution in [2.24, 2.45) is 0 Å². The second kappa shape index (κ2) is 8.02. The molecule has 32 heavy (non-hydrogen) atoms. The fraction of sp³-hybridized carbons (Fsp3) is 0.364. The van der Waals surface area contributed by atoms with E-state index in [2.05, 4.69) is 15.3 Å². The van der Waals surface area contributed by atoms with Crippen LogP contribution >= 0.6 is 10.6 Å². The van der Waals surface area contributed by atoms with Gasteiger partial charge in [-0.2, -0.15) is 15.7 Å². The number of carbonyl (C=O) groups is 1. The first-order valence-electron chi connectivity index (χ1n) is 10.5. The van der Waals surface area contributed by atoms with Crippen LogP contribution in [-0.4, -0.2) is 48.7 Å². The Kier molecular flexibility index (Phi) is 5.31. The zero-order valence-corrected chi connectivity index (χ0v) is 18.1. The van der Waals surface area contributed by atoms with Gasteiger partial charge in [0.15, 0.2) is 0 Å². The van der Waals surface area contributed by atoms with E-state index in [0.717, 1.165) is 31.1 Å². The lowest BCUT2D eigenvalue weighted by atomic mass is 10.0. The molecule has 0 aliphatic carbocycles. The Morgan fingerprint density at radius 2 is 1.94 bits per heavy atom. The quantitative estimate of drug-likeness (QED) is 0.541. The maximum Gasteiger partial charge on any atom is 0.255 e. The summed E-state index contributed by atoms with van der Waals surface area (Å²) in [7, 11) is -2.60. The molecule has 3 N–H and O–H groups in total. The monoisotopic (exact) mass is 462 g/mol. The van der Waals surface area contributed by atoms with E-state index in [-0.39, 0.29) is 23.7 Å². The van der Waals surface area contributed by atoms with Gasteiger partial charge in [0.05, 0.1) is 29.1 Å². The summed E-state index contributed by atoms with van der Waals surface area (Å²) in [5.41, 5.74) is 2.43. The Bertz CT molecular complexity index is 1160. The summed E-state index contributed by atoms with van der Waals surface area (Å²) >= 11 is 0. The number of rotatable bonds is 4. The second-order valence-electron chi connectivity index (χ2n) is 8.46. The van der Waals surface area contributed by atoms with Gasteiger partial charge in [-0.3, -0.25) is 13.9 Å². The molecule has 1 aromatic carbocycles. The Labute approximate surface area is 185 Å². The standard InChI is InChI=1S/C22H24F2N4O3S/c23-15-8-14(9-16(24)10-15)20-2-1-5-27(20)18-3-6-28-21(11-18)19(12-25-28)22(29)26-17-4-7-32(30,31)13-17/h3,6,8-12,17,20,30-31H,1-2,4-5,7,13H2,(H,26,29). The molecule has 2 aromatic heterocycles. The van der Waals surface area contributed by atoms with Crippen LogP contribution in [0.3, 0.4) is 0 Å². The van der Waals surface area contributed by atoms with Crippen molar-refractivity contribution in [3.63, 3.8) is 0 Å². The first-order chi connectivity index (χ1) is 15.3. The number of benzene rings is 1. The molecule has 2 aliphatic heterocycles. The molecule has 10 heteroatoms. The predicted molar refractivity (Wildman–Crippen MR) is 119 cm³/mol. The maximum absolute atomic E-state index is 13.8. The molecule has 1 amide bonds. The van der Waals surface area contributed by atoms with Gasteiger partial charge in [0.25, 0.3) is 5.91 Å². The molecule has 0 saturated carbocycles. The molecule has 2 saturated heterocycles. The molecule has 5 rings (SSSR count). The number of hydrogen-bond acceptors (Lipinski definition) is 5. The van der Waals surface area contributed by atoms with E-state index in [0.29, 0.717) is 28.8 Å². The van der Waals surface area contributed by atoms with E-state index in [1.54, 1.807) is 10.7 Å². The van der Waals surface area contributed by atoms with Crippen molar-refractivity contribution in [3.05, 3.63) is 65.5 Å². The van der Waals surface area contributed by atoms with Gasteiger partial charge in [0.2, 0.25) is 0 Å². The molecular weight excluding hydrogens is 438 g/mol. The van der Waals surface area contributed by atoms with Crippen LogP contribution in [0.4, 0.5) is 14.5 Å². The normalized spacial score (nSPS) is 23.6. The van der Waals surface area contributed by atoms with Gasteiger partial charge in [-0.25, -0.2) is 13.3 Å². The third kappa shape index (κ3) is 4.05. The summed E-state index contributed by atoms with van der Waals surface area (Å²) < 4.78 is 48.8. The number of nitrogens with zero attached hydrogens (tertiary/aromatic N) is 3. The fourth-order valence-corrected chi connectivity index (χ4v) is 6.43. The van der Waals surface area contributed by atoms with Crippen molar-refractivity contribution in [1.29, 1.82) is 0 Å². The summed E-state index contributed by atoms with van der Waals surface area (Å²) in [4.78, 5) is 15.0. The number of nitrogens with one attached hydrogen (secondary N) is 1. The summed E-state index contributed by atoms with van der Waals surface area (Å²) in [5.74, 6) is -1.04. The summed E-state index contributed by atoms with van der Waals surface area (Å²) in [6, 6.07) is 6.90. The topological polar surface area (TPSA) is 90.1 Å². The SMILES string of the molecule is O=C(NC1CCS(O)(O)C1)c1cnn2ccc(N3CCCC3c3cc(F)cc(F)c3)cc12. The average molecular weight is 463 g/mol. The largest absolute Gasteiger partial charge is 0.364 e. The van der Waals surface area contributed by atoms with Crippen molar-refractivity contribution in [3.8, 4) is 0 Å². The molecule has 2 aliphatic rings. The molecular formula is C22H24F2N4O3S. The summed E-state index contributed by atoms with van der Waals surface area (Å²) in [6.45, 7) is 0.731. The van der Waals surface area contributed by atoms with Gasteiger partial charge in [-0.15, -0.1) is 0 Å². The first kappa shape index (κ1) is 21.2. The highest BCUT2D eigenvalue weighted by Gasteiger charge is 2.31. The highest BCUT2D eigenvalue weighted by Crippen LogP contribution is 2.45. The highest BCUT2D eigenvalue weighted by molar-refractivity contribution is 8.24. The van der Waals surface area contributed by atoms with E-state index in [9.17, 15) is 22.7 Å². The third-order valence-corrected chi connectivity index (χ3v) is 8.03. The molecule has 7 nitrogen and oxygen atoms in total. The minimum Gasteiger partial charge on any atom is -0.364 e. The predicted octanol–water partition coefficient (Wildman–Crippen LogP) is 4.21. The zero-order chi connectivity index (χ0) is 22.5. The number of pyridine rings is 1. The Hall–Kier alpha value is -2.69. The van der Waals surface area contributed by atoms with Gasteiger partial charge >= 0.3 is 0 Å². The van der Waals surface area contributed by atoms with Gasteiger partial charge < -0.3 is 10.2 Å². The molecule has 2 fully saturated rings. The molecule has 3 aromatic rings. The lowest BCUT2D eigenvalue weighted by molar-refractivity contribution is 0.0942. The number of carbonyl (C=O) groups excluding carboxylic acids is 1. The van der Waals surface area contributed by atoms with E-state index < -0.39 is 22.2 Å². The van der Waals surface area contributed by atoms with E-state index in [1.165, 1.54) is 18.3 Å². The first-order valence-corrected chi connectivity index (χ1v) is 12.4. The highest BCUT2D eigenvalue weighted by atomic mass is 32.3. The molecule has 0 spiro atoms. The van der Waals surface area contributed by atoms with Crippen molar-refractivity contribution in [2.75, 3.05) is 23.0 Å². The van der Waals surface area contributed by atoms with Crippen molar-refractivity contribution < 1.29 is 22.7 Å². The number of hydrogen-bond donors (Lipinski definition) is 3. The lowest BCUT2D eigenvalue weighted by Crippen LogP contribution is -2.35. The fourth-order valence-electron chi connectivity index (χ4n) is 4.71. The zero-order valence-electron chi connectivity index (χ0n) is 17.2. The Balaban J connectivity index is 1.42. The van der Waals surface area contributed by atoms with Crippen LogP contribution in [0.5, 0.6) is 0 Å². The van der Waals surface area contributed by atoms with Crippen molar-refractivity contribution in [1.82, 2.24) is 14.9 Å². The smallest absolute Gasteiger partial charge is 0.255 e.